The molecule has 0 aromatic rings. The van der Waals surface area contributed by atoms with Gasteiger partial charge in [0.05, 0.1) is 25.9 Å². The highest BCUT2D eigenvalue weighted by molar-refractivity contribution is 4.88. The number of epoxide rings is 1. The van der Waals surface area contributed by atoms with Gasteiger partial charge in [0.2, 0.25) is 0 Å². The second kappa shape index (κ2) is 5.57. The quantitative estimate of drug-likeness (QED) is 0.402. The van der Waals surface area contributed by atoms with Gasteiger partial charge in [-0.05, 0) is 6.42 Å². The molecule has 4 N–H and O–H groups in total. The van der Waals surface area contributed by atoms with E-state index in [-0.39, 0.29) is 6.10 Å². The van der Waals surface area contributed by atoms with Crippen molar-refractivity contribution in [3.63, 3.8) is 0 Å². The predicted octanol–water partition coefficient (Wildman–Crippen LogP) is -2.41. The van der Waals surface area contributed by atoms with Crippen molar-refractivity contribution < 1.29 is 34.6 Å². The van der Waals surface area contributed by atoms with Crippen molar-refractivity contribution >= 4 is 0 Å². The Morgan fingerprint density at radius 2 is 1.82 bits per heavy atom. The third-order valence-electron chi connectivity index (χ3n) is 2.97. The molecule has 17 heavy (non-hydrogen) atoms. The molecular formula is C10H18O7. The lowest BCUT2D eigenvalue weighted by Crippen LogP contribution is -2.59. The SMILES string of the molecule is OCC1OC(OCCC2CO2)C(O)C(O)C1O. The Hall–Kier alpha value is -0.280. The zero-order valence-corrected chi connectivity index (χ0v) is 9.31. The minimum atomic E-state index is -1.39. The molecule has 0 amide bonds. The van der Waals surface area contributed by atoms with E-state index in [9.17, 15) is 15.3 Å². The Bertz CT molecular complexity index is 243. The van der Waals surface area contributed by atoms with E-state index >= 15 is 0 Å². The molecule has 0 aromatic heterocycles. The van der Waals surface area contributed by atoms with Gasteiger partial charge in [0.25, 0.3) is 0 Å². The summed E-state index contributed by atoms with van der Waals surface area (Å²) in [6.45, 7) is 0.599. The first-order chi connectivity index (χ1) is 8.13. The van der Waals surface area contributed by atoms with Crippen molar-refractivity contribution in [3.05, 3.63) is 0 Å². The van der Waals surface area contributed by atoms with Crippen LogP contribution in [0.4, 0.5) is 0 Å². The highest BCUT2D eigenvalue weighted by atomic mass is 16.7. The standard InChI is InChI=1S/C10H18O7/c11-3-6-7(12)8(13)9(14)10(17-6)15-2-1-5-4-16-5/h5-14H,1-4H2. The molecule has 0 aliphatic carbocycles. The monoisotopic (exact) mass is 250 g/mol. The molecule has 100 valence electrons. The van der Waals surface area contributed by atoms with Crippen LogP contribution >= 0.6 is 0 Å². The molecule has 2 saturated heterocycles. The molecule has 0 bridgehead atoms. The molecule has 0 spiro atoms. The van der Waals surface area contributed by atoms with E-state index in [1.54, 1.807) is 0 Å². The molecule has 6 atom stereocenters. The van der Waals surface area contributed by atoms with Crippen LogP contribution in [0.1, 0.15) is 6.42 Å². The Morgan fingerprint density at radius 1 is 1.12 bits per heavy atom. The van der Waals surface area contributed by atoms with E-state index in [1.165, 1.54) is 0 Å². The summed E-state index contributed by atoms with van der Waals surface area (Å²) in [5.74, 6) is 0. The number of hydrogen-bond acceptors (Lipinski definition) is 7. The summed E-state index contributed by atoms with van der Waals surface area (Å²) in [5.41, 5.74) is 0. The number of hydrogen-bond donors (Lipinski definition) is 4. The van der Waals surface area contributed by atoms with Crippen LogP contribution in [-0.4, -0.2) is 77.1 Å². The second-order valence-electron chi connectivity index (χ2n) is 4.31. The molecule has 7 nitrogen and oxygen atoms in total. The fourth-order valence-electron chi connectivity index (χ4n) is 1.76. The second-order valence-corrected chi connectivity index (χ2v) is 4.31. The molecule has 6 unspecified atom stereocenters. The van der Waals surface area contributed by atoms with Gasteiger partial charge < -0.3 is 34.6 Å². The van der Waals surface area contributed by atoms with Gasteiger partial charge in [0.1, 0.15) is 24.4 Å². The molecule has 2 aliphatic heterocycles. The number of ether oxygens (including phenoxy) is 3. The third-order valence-corrected chi connectivity index (χ3v) is 2.97. The van der Waals surface area contributed by atoms with E-state index in [0.29, 0.717) is 13.0 Å². The molecule has 0 radical (unpaired) electrons. The largest absolute Gasteiger partial charge is 0.394 e. The Morgan fingerprint density at radius 3 is 2.41 bits per heavy atom. The smallest absolute Gasteiger partial charge is 0.186 e. The van der Waals surface area contributed by atoms with E-state index < -0.39 is 37.3 Å². The topological polar surface area (TPSA) is 112 Å². The van der Waals surface area contributed by atoms with Crippen LogP contribution in [-0.2, 0) is 14.2 Å². The zero-order chi connectivity index (χ0) is 12.4. The van der Waals surface area contributed by atoms with Gasteiger partial charge in [-0.2, -0.15) is 0 Å². The van der Waals surface area contributed by atoms with Crippen molar-refractivity contribution in [2.24, 2.45) is 0 Å². The Labute approximate surface area is 98.5 Å². The summed E-state index contributed by atoms with van der Waals surface area (Å²) >= 11 is 0. The van der Waals surface area contributed by atoms with Gasteiger partial charge in [-0.25, -0.2) is 0 Å². The molecular weight excluding hydrogens is 232 g/mol. The lowest BCUT2D eigenvalue weighted by atomic mass is 9.99. The van der Waals surface area contributed by atoms with Crippen LogP contribution in [0, 0.1) is 0 Å². The molecule has 2 aliphatic rings. The van der Waals surface area contributed by atoms with Gasteiger partial charge >= 0.3 is 0 Å². The van der Waals surface area contributed by atoms with Crippen molar-refractivity contribution in [3.8, 4) is 0 Å². The first kappa shape index (κ1) is 13.2. The lowest BCUT2D eigenvalue weighted by Gasteiger charge is -2.39. The fourth-order valence-corrected chi connectivity index (χ4v) is 1.76. The van der Waals surface area contributed by atoms with Gasteiger partial charge in [-0.3, -0.25) is 0 Å². The van der Waals surface area contributed by atoms with Gasteiger partial charge in [-0.1, -0.05) is 0 Å². The Balaban J connectivity index is 1.81. The molecule has 2 fully saturated rings. The van der Waals surface area contributed by atoms with Crippen molar-refractivity contribution in [1.29, 1.82) is 0 Å². The predicted molar refractivity (Wildman–Crippen MR) is 54.1 cm³/mol. The average Bonchev–Trinajstić information content (AvgIpc) is 3.13. The van der Waals surface area contributed by atoms with E-state index in [1.807, 2.05) is 0 Å². The van der Waals surface area contributed by atoms with Crippen LogP contribution < -0.4 is 0 Å². The van der Waals surface area contributed by atoms with Gasteiger partial charge in [0.15, 0.2) is 6.29 Å². The maximum atomic E-state index is 9.63. The molecule has 2 heterocycles. The maximum Gasteiger partial charge on any atom is 0.186 e. The average molecular weight is 250 g/mol. The third kappa shape index (κ3) is 3.14. The van der Waals surface area contributed by atoms with Crippen LogP contribution in [0.25, 0.3) is 0 Å². The van der Waals surface area contributed by atoms with Crippen molar-refractivity contribution in [2.45, 2.75) is 43.2 Å². The normalized spacial score (nSPS) is 45.9. The minimum Gasteiger partial charge on any atom is -0.394 e. The number of rotatable bonds is 5. The summed E-state index contributed by atoms with van der Waals surface area (Å²) in [4.78, 5) is 0. The van der Waals surface area contributed by atoms with Crippen molar-refractivity contribution in [1.82, 2.24) is 0 Å². The summed E-state index contributed by atoms with van der Waals surface area (Å²) < 4.78 is 15.4. The van der Waals surface area contributed by atoms with Crippen molar-refractivity contribution in [2.75, 3.05) is 19.8 Å². The molecule has 0 aromatic carbocycles. The van der Waals surface area contributed by atoms with Crippen LogP contribution in [0.15, 0.2) is 0 Å². The van der Waals surface area contributed by atoms with E-state index in [0.717, 1.165) is 6.61 Å². The number of aliphatic hydroxyl groups is 4. The summed E-state index contributed by atoms with van der Waals surface area (Å²) in [7, 11) is 0. The summed E-state index contributed by atoms with van der Waals surface area (Å²) in [5, 5.41) is 37.6. The summed E-state index contributed by atoms with van der Waals surface area (Å²) in [6, 6.07) is 0. The van der Waals surface area contributed by atoms with Crippen LogP contribution in [0.2, 0.25) is 0 Å². The molecule has 7 heteroatoms. The molecule has 2 rings (SSSR count). The zero-order valence-electron chi connectivity index (χ0n) is 9.31. The highest BCUT2D eigenvalue weighted by Crippen LogP contribution is 2.22. The van der Waals surface area contributed by atoms with Crippen LogP contribution in [0.5, 0.6) is 0 Å². The van der Waals surface area contributed by atoms with Crippen LogP contribution in [0.3, 0.4) is 0 Å². The minimum absolute atomic E-state index is 0.208. The number of aliphatic hydroxyl groups excluding tert-OH is 4. The lowest BCUT2D eigenvalue weighted by molar-refractivity contribution is -0.301. The first-order valence-electron chi connectivity index (χ1n) is 5.67. The van der Waals surface area contributed by atoms with Gasteiger partial charge in [0, 0.05) is 0 Å². The fraction of sp³-hybridized carbons (Fsp3) is 1.00. The van der Waals surface area contributed by atoms with E-state index in [2.05, 4.69) is 0 Å². The van der Waals surface area contributed by atoms with E-state index in [4.69, 9.17) is 19.3 Å². The van der Waals surface area contributed by atoms with Gasteiger partial charge in [-0.15, -0.1) is 0 Å². The molecule has 0 saturated carbocycles. The maximum absolute atomic E-state index is 9.63. The highest BCUT2D eigenvalue weighted by Gasteiger charge is 2.44. The first-order valence-corrected chi connectivity index (χ1v) is 5.67. The summed E-state index contributed by atoms with van der Waals surface area (Å²) in [6.07, 6.45) is -5.12. The Kier molecular flexibility index (Phi) is 4.31.